The van der Waals surface area contributed by atoms with Gasteiger partial charge in [-0.3, -0.25) is 4.79 Å². The largest absolute Gasteiger partial charge is 0.391 e. The molecule has 0 spiro atoms. The van der Waals surface area contributed by atoms with Gasteiger partial charge in [0.1, 0.15) is 5.41 Å². The molecule has 0 bridgehead atoms. The highest BCUT2D eigenvalue weighted by Crippen LogP contribution is 2.40. The Morgan fingerprint density at radius 3 is 2.63 bits per heavy atom. The molecule has 0 heterocycles. The molecular formula is C15H18N2O2. The molecule has 1 aliphatic carbocycles. The van der Waals surface area contributed by atoms with E-state index >= 15 is 0 Å². The second kappa shape index (κ2) is 5.85. The van der Waals surface area contributed by atoms with Gasteiger partial charge in [-0.15, -0.1) is 0 Å². The van der Waals surface area contributed by atoms with Crippen LogP contribution >= 0.6 is 0 Å². The molecule has 2 N–H and O–H groups in total. The molecule has 1 aliphatic rings. The Bertz CT molecular complexity index is 475. The Kier molecular flexibility index (Phi) is 4.18. The number of amides is 1. The number of aliphatic hydroxyl groups is 1. The molecule has 0 saturated heterocycles. The van der Waals surface area contributed by atoms with Crippen molar-refractivity contribution >= 4 is 5.91 Å². The van der Waals surface area contributed by atoms with E-state index in [1.54, 1.807) is 0 Å². The fraction of sp³-hybridized carbons (Fsp3) is 0.467. The Morgan fingerprint density at radius 2 is 2.11 bits per heavy atom. The van der Waals surface area contributed by atoms with Gasteiger partial charge in [-0.25, -0.2) is 0 Å². The third-order valence-corrected chi connectivity index (χ3v) is 3.67. The van der Waals surface area contributed by atoms with E-state index < -0.39 is 11.5 Å². The van der Waals surface area contributed by atoms with Crippen LogP contribution in [-0.4, -0.2) is 23.7 Å². The van der Waals surface area contributed by atoms with E-state index in [1.807, 2.05) is 30.3 Å². The maximum atomic E-state index is 11.9. The lowest BCUT2D eigenvalue weighted by molar-refractivity contribution is -0.132. The highest BCUT2D eigenvalue weighted by atomic mass is 16.3. The molecule has 1 aromatic carbocycles. The third kappa shape index (κ3) is 3.12. The van der Waals surface area contributed by atoms with Crippen LogP contribution < -0.4 is 5.32 Å². The van der Waals surface area contributed by atoms with Crippen LogP contribution in [0.4, 0.5) is 0 Å². The fourth-order valence-electron chi connectivity index (χ4n) is 2.26. The molecule has 4 nitrogen and oxygen atoms in total. The van der Waals surface area contributed by atoms with Crippen molar-refractivity contribution in [1.82, 2.24) is 5.32 Å². The lowest BCUT2D eigenvalue weighted by Crippen LogP contribution is -2.47. The molecule has 100 valence electrons. The van der Waals surface area contributed by atoms with Gasteiger partial charge in [0.2, 0.25) is 5.91 Å². The van der Waals surface area contributed by atoms with E-state index in [0.29, 0.717) is 19.3 Å². The lowest BCUT2D eigenvalue weighted by atomic mass is 9.69. The molecule has 19 heavy (non-hydrogen) atoms. The average Bonchev–Trinajstić information content (AvgIpc) is 2.37. The molecule has 1 atom stereocenters. The summed E-state index contributed by atoms with van der Waals surface area (Å²) >= 11 is 0. The average molecular weight is 258 g/mol. The fourth-order valence-corrected chi connectivity index (χ4v) is 2.26. The Labute approximate surface area is 113 Å². The third-order valence-electron chi connectivity index (χ3n) is 3.67. The first-order valence-corrected chi connectivity index (χ1v) is 6.58. The second-order valence-electron chi connectivity index (χ2n) is 5.10. The van der Waals surface area contributed by atoms with Crippen LogP contribution in [0.2, 0.25) is 0 Å². The zero-order chi connectivity index (χ0) is 13.7. The molecule has 1 saturated carbocycles. The number of nitriles is 1. The number of nitrogens with zero attached hydrogens (tertiary/aromatic N) is 1. The monoisotopic (exact) mass is 258 g/mol. The van der Waals surface area contributed by atoms with Gasteiger partial charge in [-0.05, 0) is 24.8 Å². The summed E-state index contributed by atoms with van der Waals surface area (Å²) in [6, 6.07) is 11.7. The molecule has 1 unspecified atom stereocenters. The smallest absolute Gasteiger partial charge is 0.240 e. The molecule has 0 aliphatic heterocycles. The van der Waals surface area contributed by atoms with Gasteiger partial charge in [0.25, 0.3) is 0 Å². The van der Waals surface area contributed by atoms with E-state index in [9.17, 15) is 9.90 Å². The van der Waals surface area contributed by atoms with Crippen molar-refractivity contribution in [2.75, 3.05) is 6.54 Å². The molecular weight excluding hydrogens is 240 g/mol. The van der Waals surface area contributed by atoms with Crippen LogP contribution in [0, 0.1) is 16.7 Å². The van der Waals surface area contributed by atoms with Crippen molar-refractivity contribution in [2.24, 2.45) is 5.41 Å². The zero-order valence-electron chi connectivity index (χ0n) is 10.8. The molecule has 4 heteroatoms. The van der Waals surface area contributed by atoms with Crippen molar-refractivity contribution in [2.45, 2.75) is 31.8 Å². The Morgan fingerprint density at radius 1 is 1.42 bits per heavy atom. The summed E-state index contributed by atoms with van der Waals surface area (Å²) in [6.07, 6.45) is 2.06. The first kappa shape index (κ1) is 13.6. The predicted molar refractivity (Wildman–Crippen MR) is 71.1 cm³/mol. The standard InChI is InChI=1S/C15H18N2O2/c16-11-15(7-4-8-15)14(19)17-10-13(18)9-12-5-2-1-3-6-12/h1-3,5-6,13,18H,4,7-10H2,(H,17,19). The summed E-state index contributed by atoms with van der Waals surface area (Å²) in [7, 11) is 0. The minimum atomic E-state index is -0.841. The summed E-state index contributed by atoms with van der Waals surface area (Å²) in [4.78, 5) is 11.9. The van der Waals surface area contributed by atoms with Gasteiger partial charge in [0.15, 0.2) is 0 Å². The van der Waals surface area contributed by atoms with Gasteiger partial charge in [0, 0.05) is 13.0 Å². The number of nitrogens with one attached hydrogen (secondary N) is 1. The minimum Gasteiger partial charge on any atom is -0.391 e. The van der Waals surface area contributed by atoms with E-state index in [2.05, 4.69) is 11.4 Å². The van der Waals surface area contributed by atoms with Crippen molar-refractivity contribution in [3.8, 4) is 6.07 Å². The second-order valence-corrected chi connectivity index (χ2v) is 5.10. The number of aliphatic hydroxyl groups excluding tert-OH is 1. The van der Waals surface area contributed by atoms with E-state index in [-0.39, 0.29) is 12.5 Å². The van der Waals surface area contributed by atoms with Gasteiger partial charge in [-0.2, -0.15) is 5.26 Å². The quantitative estimate of drug-likeness (QED) is 0.838. The number of hydrogen-bond donors (Lipinski definition) is 2. The van der Waals surface area contributed by atoms with E-state index in [4.69, 9.17) is 5.26 Å². The topological polar surface area (TPSA) is 73.1 Å². The van der Waals surface area contributed by atoms with Crippen molar-refractivity contribution in [3.63, 3.8) is 0 Å². The van der Waals surface area contributed by atoms with Gasteiger partial charge >= 0.3 is 0 Å². The van der Waals surface area contributed by atoms with E-state index in [0.717, 1.165) is 12.0 Å². The van der Waals surface area contributed by atoms with Crippen molar-refractivity contribution in [3.05, 3.63) is 35.9 Å². The Balaban J connectivity index is 1.79. The molecule has 1 fully saturated rings. The summed E-state index contributed by atoms with van der Waals surface area (Å²) in [5.41, 5.74) is 0.190. The normalized spacial score (nSPS) is 17.9. The highest BCUT2D eigenvalue weighted by Gasteiger charge is 2.44. The van der Waals surface area contributed by atoms with Crippen LogP contribution in [-0.2, 0) is 11.2 Å². The molecule has 2 rings (SSSR count). The Hall–Kier alpha value is -1.86. The first-order valence-electron chi connectivity index (χ1n) is 6.58. The molecule has 1 amide bonds. The predicted octanol–water partition coefficient (Wildman–Crippen LogP) is 1.40. The maximum Gasteiger partial charge on any atom is 0.240 e. The van der Waals surface area contributed by atoms with Gasteiger partial charge < -0.3 is 10.4 Å². The van der Waals surface area contributed by atoms with Crippen LogP contribution in [0.5, 0.6) is 0 Å². The minimum absolute atomic E-state index is 0.192. The highest BCUT2D eigenvalue weighted by molar-refractivity contribution is 5.86. The molecule has 0 radical (unpaired) electrons. The SMILES string of the molecule is N#CC1(C(=O)NCC(O)Cc2ccccc2)CCC1. The maximum absolute atomic E-state index is 11.9. The van der Waals surface area contributed by atoms with Crippen molar-refractivity contribution < 1.29 is 9.90 Å². The number of benzene rings is 1. The zero-order valence-corrected chi connectivity index (χ0v) is 10.8. The summed E-state index contributed by atoms with van der Waals surface area (Å²) in [6.45, 7) is 0.192. The number of hydrogen-bond acceptors (Lipinski definition) is 3. The summed E-state index contributed by atoms with van der Waals surface area (Å²) in [5.74, 6) is -0.242. The van der Waals surface area contributed by atoms with Crippen LogP contribution in [0.25, 0.3) is 0 Å². The van der Waals surface area contributed by atoms with Crippen LogP contribution in [0.3, 0.4) is 0 Å². The van der Waals surface area contributed by atoms with Gasteiger partial charge in [-0.1, -0.05) is 30.3 Å². The first-order chi connectivity index (χ1) is 9.16. The molecule has 0 aromatic heterocycles. The van der Waals surface area contributed by atoms with Crippen molar-refractivity contribution in [1.29, 1.82) is 5.26 Å². The van der Waals surface area contributed by atoms with Gasteiger partial charge in [0.05, 0.1) is 12.2 Å². The van der Waals surface area contributed by atoms with E-state index in [1.165, 1.54) is 0 Å². The number of carbonyl (C=O) groups is 1. The lowest BCUT2D eigenvalue weighted by Gasteiger charge is -2.33. The van der Waals surface area contributed by atoms with Crippen LogP contribution in [0.15, 0.2) is 30.3 Å². The number of rotatable bonds is 5. The van der Waals surface area contributed by atoms with Crippen LogP contribution in [0.1, 0.15) is 24.8 Å². The number of carbonyl (C=O) groups excluding carboxylic acids is 1. The molecule has 1 aromatic rings. The summed E-state index contributed by atoms with van der Waals surface area (Å²) in [5, 5.41) is 21.6. The summed E-state index contributed by atoms with van der Waals surface area (Å²) < 4.78 is 0.